The zero-order valence-corrected chi connectivity index (χ0v) is 15.0. The molecule has 0 radical (unpaired) electrons. The molecule has 7 nitrogen and oxygen atoms in total. The Balaban J connectivity index is 1.90. The van der Waals surface area contributed by atoms with Crippen molar-refractivity contribution >= 4 is 23.0 Å². The molecule has 1 amide bonds. The van der Waals surface area contributed by atoms with Crippen molar-refractivity contribution in [3.63, 3.8) is 0 Å². The summed E-state index contributed by atoms with van der Waals surface area (Å²) in [7, 11) is 1.54. The van der Waals surface area contributed by atoms with Gasteiger partial charge in [0.15, 0.2) is 0 Å². The van der Waals surface area contributed by atoms with Crippen molar-refractivity contribution in [3.8, 4) is 5.75 Å². The highest BCUT2D eigenvalue weighted by molar-refractivity contribution is 6.12. The monoisotopic (exact) mass is 375 g/mol. The molecule has 1 atom stereocenters. The van der Waals surface area contributed by atoms with E-state index in [2.05, 4.69) is 5.32 Å². The number of nitrogens with zero attached hydrogens (tertiary/aromatic N) is 2. The summed E-state index contributed by atoms with van der Waals surface area (Å²) in [6.07, 6.45) is -0.626. The average Bonchev–Trinajstić information content (AvgIpc) is 2.74. The molecule has 1 aliphatic heterocycles. The molecule has 0 aromatic heterocycles. The molecule has 0 aliphatic carbocycles. The molecule has 3 aromatic carbocycles. The second-order valence-corrected chi connectivity index (χ2v) is 6.29. The molecule has 4 rings (SSSR count). The first-order valence-electron chi connectivity index (χ1n) is 8.66. The number of rotatable bonds is 4. The first-order chi connectivity index (χ1) is 13.6. The molecular weight excluding hydrogens is 358 g/mol. The second kappa shape index (κ2) is 7.03. The van der Waals surface area contributed by atoms with E-state index in [1.165, 1.54) is 19.2 Å². The van der Waals surface area contributed by atoms with Gasteiger partial charge < -0.3 is 10.1 Å². The van der Waals surface area contributed by atoms with Crippen LogP contribution in [0.3, 0.4) is 0 Å². The summed E-state index contributed by atoms with van der Waals surface area (Å²) < 4.78 is 5.45. The Labute approximate surface area is 161 Å². The van der Waals surface area contributed by atoms with Crippen molar-refractivity contribution in [2.45, 2.75) is 6.17 Å². The second-order valence-electron chi connectivity index (χ2n) is 6.29. The lowest BCUT2D eigenvalue weighted by molar-refractivity contribution is -0.384. The Kier molecular flexibility index (Phi) is 4.41. The van der Waals surface area contributed by atoms with Gasteiger partial charge in [-0.3, -0.25) is 19.8 Å². The number of fused-ring (bicyclic) bond motifs is 1. The van der Waals surface area contributed by atoms with Crippen molar-refractivity contribution in [3.05, 3.63) is 94.0 Å². The quantitative estimate of drug-likeness (QED) is 0.540. The minimum Gasteiger partial charge on any atom is -0.495 e. The lowest BCUT2D eigenvalue weighted by Gasteiger charge is -2.38. The summed E-state index contributed by atoms with van der Waals surface area (Å²) in [4.78, 5) is 25.7. The molecule has 0 fully saturated rings. The van der Waals surface area contributed by atoms with Crippen LogP contribution in [0.2, 0.25) is 0 Å². The molecule has 1 N–H and O–H groups in total. The van der Waals surface area contributed by atoms with Crippen LogP contribution in [0.15, 0.2) is 72.8 Å². The predicted octanol–water partition coefficient (Wildman–Crippen LogP) is 4.37. The molecule has 0 saturated heterocycles. The van der Waals surface area contributed by atoms with E-state index < -0.39 is 11.1 Å². The molecule has 28 heavy (non-hydrogen) atoms. The van der Waals surface area contributed by atoms with Crippen LogP contribution in [0.5, 0.6) is 5.75 Å². The Morgan fingerprint density at radius 2 is 1.79 bits per heavy atom. The third-order valence-electron chi connectivity index (χ3n) is 4.67. The SMILES string of the molecule is COc1ccccc1N1C(=O)c2ccccc2N[C@H]1c1cccc([N+](=O)[O-])c1. The fourth-order valence-electron chi connectivity index (χ4n) is 3.37. The van der Waals surface area contributed by atoms with Gasteiger partial charge in [0, 0.05) is 23.4 Å². The number of anilines is 2. The number of para-hydroxylation sites is 3. The summed E-state index contributed by atoms with van der Waals surface area (Å²) in [5.74, 6) is 0.322. The maximum Gasteiger partial charge on any atom is 0.269 e. The Hall–Kier alpha value is -3.87. The number of hydrogen-bond donors (Lipinski definition) is 1. The van der Waals surface area contributed by atoms with Crippen LogP contribution in [0.1, 0.15) is 22.1 Å². The molecule has 1 aliphatic rings. The fourth-order valence-corrected chi connectivity index (χ4v) is 3.37. The number of nitro benzene ring substituents is 1. The van der Waals surface area contributed by atoms with Crippen LogP contribution in [-0.4, -0.2) is 17.9 Å². The van der Waals surface area contributed by atoms with E-state index in [1.807, 2.05) is 24.3 Å². The highest BCUT2D eigenvalue weighted by atomic mass is 16.6. The van der Waals surface area contributed by atoms with Gasteiger partial charge in [-0.05, 0) is 24.3 Å². The van der Waals surface area contributed by atoms with Crippen LogP contribution < -0.4 is 15.0 Å². The highest BCUT2D eigenvalue weighted by Crippen LogP contribution is 2.40. The summed E-state index contributed by atoms with van der Waals surface area (Å²) in [5.41, 5.74) is 2.34. The topological polar surface area (TPSA) is 84.7 Å². The van der Waals surface area contributed by atoms with E-state index in [0.29, 0.717) is 28.3 Å². The smallest absolute Gasteiger partial charge is 0.269 e. The fraction of sp³-hybridized carbons (Fsp3) is 0.0952. The number of ether oxygens (including phenoxy) is 1. The average molecular weight is 375 g/mol. The van der Waals surface area contributed by atoms with Crippen LogP contribution in [-0.2, 0) is 0 Å². The number of amides is 1. The predicted molar refractivity (Wildman–Crippen MR) is 106 cm³/mol. The van der Waals surface area contributed by atoms with Gasteiger partial charge in [0.05, 0.1) is 23.3 Å². The molecule has 3 aromatic rings. The molecule has 140 valence electrons. The Morgan fingerprint density at radius 3 is 2.57 bits per heavy atom. The summed E-state index contributed by atoms with van der Waals surface area (Å²) in [6, 6.07) is 20.7. The van der Waals surface area contributed by atoms with E-state index in [-0.39, 0.29) is 11.6 Å². The molecule has 7 heteroatoms. The molecule has 0 saturated carbocycles. The third-order valence-corrected chi connectivity index (χ3v) is 4.67. The molecule has 1 heterocycles. The number of benzene rings is 3. The van der Waals surface area contributed by atoms with Gasteiger partial charge in [-0.2, -0.15) is 0 Å². The van der Waals surface area contributed by atoms with Crippen LogP contribution in [0, 0.1) is 10.1 Å². The standard InChI is InChI=1S/C21H17N3O4/c1-28-19-12-5-4-11-18(19)23-20(14-7-6-8-15(13-14)24(26)27)22-17-10-3-2-9-16(17)21(23)25/h2-13,20,22H,1H3/t20-/m1/s1. The molecular formula is C21H17N3O4. The summed E-state index contributed by atoms with van der Waals surface area (Å²) >= 11 is 0. The van der Waals surface area contributed by atoms with Crippen LogP contribution in [0.4, 0.5) is 17.1 Å². The summed E-state index contributed by atoms with van der Waals surface area (Å²) in [5, 5.41) is 14.6. The third kappa shape index (κ3) is 2.92. The highest BCUT2D eigenvalue weighted by Gasteiger charge is 2.35. The van der Waals surface area contributed by atoms with E-state index in [1.54, 1.807) is 41.3 Å². The van der Waals surface area contributed by atoms with Gasteiger partial charge in [-0.25, -0.2) is 0 Å². The van der Waals surface area contributed by atoms with E-state index in [0.717, 1.165) is 0 Å². The van der Waals surface area contributed by atoms with Crippen LogP contribution >= 0.6 is 0 Å². The zero-order chi connectivity index (χ0) is 19.7. The van der Waals surface area contributed by atoms with Crippen molar-refractivity contribution < 1.29 is 14.5 Å². The first-order valence-corrected chi connectivity index (χ1v) is 8.66. The van der Waals surface area contributed by atoms with Crippen molar-refractivity contribution in [2.75, 3.05) is 17.3 Å². The maximum absolute atomic E-state index is 13.4. The Morgan fingerprint density at radius 1 is 1.04 bits per heavy atom. The van der Waals surface area contributed by atoms with Gasteiger partial charge in [0.1, 0.15) is 11.9 Å². The lowest BCUT2D eigenvalue weighted by Crippen LogP contribution is -2.43. The normalized spacial score (nSPS) is 15.5. The maximum atomic E-state index is 13.4. The van der Waals surface area contributed by atoms with Crippen molar-refractivity contribution in [1.82, 2.24) is 0 Å². The van der Waals surface area contributed by atoms with E-state index in [9.17, 15) is 14.9 Å². The van der Waals surface area contributed by atoms with Crippen LogP contribution in [0.25, 0.3) is 0 Å². The van der Waals surface area contributed by atoms with Gasteiger partial charge in [-0.1, -0.05) is 36.4 Å². The molecule has 0 unspecified atom stereocenters. The number of carbonyl (C=O) groups excluding carboxylic acids is 1. The van der Waals surface area contributed by atoms with Gasteiger partial charge >= 0.3 is 0 Å². The minimum absolute atomic E-state index is 0.0365. The number of nitrogens with one attached hydrogen (secondary N) is 1. The Bertz CT molecular complexity index is 1070. The number of carbonyl (C=O) groups is 1. The number of non-ortho nitro benzene ring substituents is 1. The summed E-state index contributed by atoms with van der Waals surface area (Å²) in [6.45, 7) is 0. The number of nitro groups is 1. The largest absolute Gasteiger partial charge is 0.495 e. The van der Waals surface area contributed by atoms with E-state index in [4.69, 9.17) is 4.74 Å². The number of hydrogen-bond acceptors (Lipinski definition) is 5. The van der Waals surface area contributed by atoms with Gasteiger partial charge in [0.2, 0.25) is 0 Å². The van der Waals surface area contributed by atoms with E-state index >= 15 is 0 Å². The van der Waals surface area contributed by atoms with Crippen molar-refractivity contribution in [2.24, 2.45) is 0 Å². The van der Waals surface area contributed by atoms with Crippen molar-refractivity contribution in [1.29, 1.82) is 0 Å². The van der Waals surface area contributed by atoms with Gasteiger partial charge in [-0.15, -0.1) is 0 Å². The first kappa shape index (κ1) is 17.5. The van der Waals surface area contributed by atoms with Gasteiger partial charge in [0.25, 0.3) is 11.6 Å². The zero-order valence-electron chi connectivity index (χ0n) is 15.0. The number of methoxy groups -OCH3 is 1. The molecule has 0 bridgehead atoms. The molecule has 0 spiro atoms. The minimum atomic E-state index is -0.626. The lowest BCUT2D eigenvalue weighted by atomic mass is 10.0.